The van der Waals surface area contributed by atoms with E-state index in [1.165, 1.54) is 36.5 Å². The maximum atomic E-state index is 13.2. The number of hydrogen-bond acceptors (Lipinski definition) is 4. The lowest BCUT2D eigenvalue weighted by Gasteiger charge is -2.27. The van der Waals surface area contributed by atoms with Crippen molar-refractivity contribution in [3.8, 4) is 16.9 Å². The smallest absolute Gasteiger partial charge is 0.387 e. The molecule has 1 aromatic heterocycles. The first-order valence-electron chi connectivity index (χ1n) is 10.5. The van der Waals surface area contributed by atoms with Crippen molar-refractivity contribution in [2.45, 2.75) is 26.0 Å². The largest absolute Gasteiger partial charge is 0.435 e. The van der Waals surface area contributed by atoms with Gasteiger partial charge in [0.25, 0.3) is 0 Å². The van der Waals surface area contributed by atoms with E-state index in [1.54, 1.807) is 49.3 Å². The molecule has 34 heavy (non-hydrogen) atoms. The number of guanidine groups is 1. The van der Waals surface area contributed by atoms with Gasteiger partial charge in [-0.05, 0) is 47.0 Å². The SMILES string of the molecule is CC.CN(C)C(N)=NC(C=O)(c1ccc(OC(F)F)cc1)c1cccc(-c2ccc(F)nc2)c1. The first kappa shape index (κ1) is 26.4. The fraction of sp³-hybridized carbons (Fsp3) is 0.240. The van der Waals surface area contributed by atoms with Crippen LogP contribution >= 0.6 is 0 Å². The summed E-state index contributed by atoms with van der Waals surface area (Å²) >= 11 is 0. The van der Waals surface area contributed by atoms with Gasteiger partial charge < -0.3 is 15.4 Å². The molecule has 0 bridgehead atoms. The van der Waals surface area contributed by atoms with Gasteiger partial charge in [-0.25, -0.2) is 9.98 Å². The van der Waals surface area contributed by atoms with Gasteiger partial charge in [-0.15, -0.1) is 0 Å². The molecular formula is C25H27F3N4O2. The Morgan fingerprint density at radius 1 is 1.06 bits per heavy atom. The molecule has 3 rings (SSSR count). The van der Waals surface area contributed by atoms with Crippen LogP contribution in [0.15, 0.2) is 71.9 Å². The van der Waals surface area contributed by atoms with E-state index >= 15 is 0 Å². The molecular weight excluding hydrogens is 445 g/mol. The van der Waals surface area contributed by atoms with E-state index in [4.69, 9.17) is 5.73 Å². The Morgan fingerprint density at radius 2 is 1.74 bits per heavy atom. The second kappa shape index (κ2) is 11.8. The van der Waals surface area contributed by atoms with Gasteiger partial charge in [-0.2, -0.15) is 13.2 Å². The number of aliphatic imine (C=N–C) groups is 1. The highest BCUT2D eigenvalue weighted by molar-refractivity contribution is 5.85. The van der Waals surface area contributed by atoms with Crippen LogP contribution in [0.5, 0.6) is 5.75 Å². The van der Waals surface area contributed by atoms with Crippen LogP contribution in [0.25, 0.3) is 11.1 Å². The topological polar surface area (TPSA) is 80.8 Å². The summed E-state index contributed by atoms with van der Waals surface area (Å²) in [5.74, 6) is -0.584. The minimum Gasteiger partial charge on any atom is -0.435 e. The highest BCUT2D eigenvalue weighted by Crippen LogP contribution is 2.35. The highest BCUT2D eigenvalue weighted by Gasteiger charge is 2.35. The van der Waals surface area contributed by atoms with Crippen molar-refractivity contribution in [1.82, 2.24) is 9.88 Å². The number of nitrogens with zero attached hydrogens (tertiary/aromatic N) is 3. The average Bonchev–Trinajstić information content (AvgIpc) is 2.84. The fourth-order valence-corrected chi connectivity index (χ4v) is 3.11. The normalized spacial score (nSPS) is 12.9. The Balaban J connectivity index is 0.00000199. The number of aldehydes is 1. The molecule has 1 atom stereocenters. The number of carbonyl (C=O) groups is 1. The predicted octanol–water partition coefficient (Wildman–Crippen LogP) is 4.83. The number of pyridine rings is 1. The Hall–Kier alpha value is -3.88. The van der Waals surface area contributed by atoms with Crippen LogP contribution < -0.4 is 10.5 Å². The van der Waals surface area contributed by atoms with E-state index in [0.29, 0.717) is 28.5 Å². The maximum absolute atomic E-state index is 13.2. The van der Waals surface area contributed by atoms with Crippen LogP contribution in [0.1, 0.15) is 25.0 Å². The Bertz CT molecular complexity index is 1100. The number of benzene rings is 2. The summed E-state index contributed by atoms with van der Waals surface area (Å²) in [5.41, 5.74) is 6.67. The van der Waals surface area contributed by atoms with E-state index in [9.17, 15) is 18.0 Å². The number of hydrogen-bond donors (Lipinski definition) is 1. The van der Waals surface area contributed by atoms with Crippen molar-refractivity contribution < 1.29 is 22.7 Å². The zero-order chi connectivity index (χ0) is 25.3. The molecule has 2 aromatic carbocycles. The molecule has 180 valence electrons. The minimum absolute atomic E-state index is 0.0563. The van der Waals surface area contributed by atoms with Gasteiger partial charge in [0.1, 0.15) is 5.75 Å². The first-order chi connectivity index (χ1) is 16.2. The van der Waals surface area contributed by atoms with Crippen molar-refractivity contribution in [3.63, 3.8) is 0 Å². The van der Waals surface area contributed by atoms with Gasteiger partial charge in [-0.1, -0.05) is 44.2 Å². The molecule has 2 N–H and O–H groups in total. The van der Waals surface area contributed by atoms with Crippen LogP contribution in [-0.4, -0.2) is 42.8 Å². The average molecular weight is 473 g/mol. The molecule has 0 aliphatic rings. The maximum Gasteiger partial charge on any atom is 0.387 e. The molecule has 0 fully saturated rings. The third kappa shape index (κ3) is 6.12. The number of ether oxygens (including phenoxy) is 1. The van der Waals surface area contributed by atoms with E-state index in [1.807, 2.05) is 13.8 Å². The summed E-state index contributed by atoms with van der Waals surface area (Å²) in [6.45, 7) is 1.03. The molecule has 1 heterocycles. The molecule has 1 unspecified atom stereocenters. The molecule has 0 saturated carbocycles. The third-order valence-electron chi connectivity index (χ3n) is 4.80. The van der Waals surface area contributed by atoms with Crippen molar-refractivity contribution in [2.75, 3.05) is 14.1 Å². The second-order valence-electron chi connectivity index (χ2n) is 7.10. The lowest BCUT2D eigenvalue weighted by atomic mass is 9.83. The molecule has 0 spiro atoms. The van der Waals surface area contributed by atoms with Gasteiger partial charge in [0.05, 0.1) is 0 Å². The van der Waals surface area contributed by atoms with Crippen LogP contribution in [0, 0.1) is 5.95 Å². The van der Waals surface area contributed by atoms with E-state index < -0.39 is 18.1 Å². The summed E-state index contributed by atoms with van der Waals surface area (Å²) in [6.07, 6.45) is 2.01. The lowest BCUT2D eigenvalue weighted by Crippen LogP contribution is -2.37. The summed E-state index contributed by atoms with van der Waals surface area (Å²) in [6, 6.07) is 15.3. The zero-order valence-electron chi connectivity index (χ0n) is 19.4. The highest BCUT2D eigenvalue weighted by atomic mass is 19.3. The third-order valence-corrected chi connectivity index (χ3v) is 4.80. The van der Waals surface area contributed by atoms with E-state index in [-0.39, 0.29) is 11.7 Å². The molecule has 9 heteroatoms. The molecule has 0 amide bonds. The summed E-state index contributed by atoms with van der Waals surface area (Å²) in [7, 11) is 3.35. The quantitative estimate of drug-likeness (QED) is 0.231. The first-order valence-corrected chi connectivity index (χ1v) is 10.5. The van der Waals surface area contributed by atoms with Gasteiger partial charge in [-0.3, -0.25) is 4.79 Å². The van der Waals surface area contributed by atoms with Gasteiger partial charge in [0.2, 0.25) is 5.95 Å². The Labute approximate surface area is 196 Å². The predicted molar refractivity (Wildman–Crippen MR) is 126 cm³/mol. The standard InChI is InChI=1S/C23H21F3N4O2.C2H6/c1-30(2)22(27)29-23(14-31,17-7-9-19(10-8-17)32-21(25)26)18-5-3-4-15(12-18)16-6-11-20(24)28-13-16;1-2/h3-14,21H,1-2H3,(H2,27,29);1-2H3. The second-order valence-corrected chi connectivity index (χ2v) is 7.10. The van der Waals surface area contributed by atoms with E-state index in [2.05, 4.69) is 14.7 Å². The number of aromatic nitrogens is 1. The van der Waals surface area contributed by atoms with Crippen molar-refractivity contribution in [1.29, 1.82) is 0 Å². The van der Waals surface area contributed by atoms with Crippen LogP contribution in [0.2, 0.25) is 0 Å². The molecule has 0 aliphatic heterocycles. The van der Waals surface area contributed by atoms with Crippen LogP contribution in [-0.2, 0) is 10.3 Å². The Morgan fingerprint density at radius 3 is 2.26 bits per heavy atom. The van der Waals surface area contributed by atoms with E-state index in [0.717, 1.165) is 0 Å². The zero-order valence-corrected chi connectivity index (χ0v) is 19.4. The summed E-state index contributed by atoms with van der Waals surface area (Å²) < 4.78 is 42.7. The van der Waals surface area contributed by atoms with Crippen molar-refractivity contribution in [2.24, 2.45) is 10.7 Å². The van der Waals surface area contributed by atoms with Crippen molar-refractivity contribution in [3.05, 3.63) is 83.9 Å². The fourth-order valence-electron chi connectivity index (χ4n) is 3.11. The summed E-state index contributed by atoms with van der Waals surface area (Å²) in [5, 5.41) is 0. The molecule has 0 aliphatic carbocycles. The minimum atomic E-state index is -2.97. The number of nitrogens with two attached hydrogens (primary N) is 1. The monoisotopic (exact) mass is 472 g/mol. The summed E-state index contributed by atoms with van der Waals surface area (Å²) in [4.78, 5) is 22.2. The molecule has 0 radical (unpaired) electrons. The molecule has 3 aromatic rings. The number of rotatable bonds is 7. The number of carbonyl (C=O) groups excluding carboxylic acids is 1. The van der Waals surface area contributed by atoms with Crippen LogP contribution in [0.4, 0.5) is 13.2 Å². The Kier molecular flexibility index (Phi) is 9.18. The molecule has 0 saturated heterocycles. The number of halogens is 3. The van der Waals surface area contributed by atoms with Crippen LogP contribution in [0.3, 0.4) is 0 Å². The van der Waals surface area contributed by atoms with Crippen molar-refractivity contribution >= 4 is 12.2 Å². The lowest BCUT2D eigenvalue weighted by molar-refractivity contribution is -0.111. The van der Waals surface area contributed by atoms with Gasteiger partial charge >= 0.3 is 6.61 Å². The van der Waals surface area contributed by atoms with Gasteiger partial charge in [0.15, 0.2) is 17.8 Å². The van der Waals surface area contributed by atoms with Gasteiger partial charge in [0, 0.05) is 25.9 Å². The number of alkyl halides is 2. The molecule has 6 nitrogen and oxygen atoms in total.